The molecule has 0 N–H and O–H groups in total. The largest absolute Gasteiger partial charge is 0.464 e. The van der Waals surface area contributed by atoms with Crippen LogP contribution in [-0.2, 0) is 14.6 Å². The van der Waals surface area contributed by atoms with Crippen LogP contribution in [-0.4, -0.2) is 39.3 Å². The lowest BCUT2D eigenvalue weighted by Crippen LogP contribution is -2.39. The number of hydrogen-bond donors (Lipinski definition) is 0. The summed E-state index contributed by atoms with van der Waals surface area (Å²) in [6.45, 7) is 6.30. The zero-order valence-corrected chi connectivity index (χ0v) is 15.0. The van der Waals surface area contributed by atoms with E-state index in [1.54, 1.807) is 12.1 Å². The summed E-state index contributed by atoms with van der Waals surface area (Å²) in [6.07, 6.45) is 1.16. The van der Waals surface area contributed by atoms with Crippen molar-refractivity contribution in [1.82, 2.24) is 4.90 Å². The molecule has 24 heavy (non-hydrogen) atoms. The minimum absolute atomic E-state index is 0.0646. The number of aryl methyl sites for hydroxylation is 1. The van der Waals surface area contributed by atoms with Crippen molar-refractivity contribution < 1.29 is 17.6 Å². The summed E-state index contributed by atoms with van der Waals surface area (Å²) in [4.78, 5) is 2.69. The maximum Gasteiger partial charge on any atom is 0.175 e. The van der Waals surface area contributed by atoms with E-state index in [2.05, 4.69) is 11.8 Å². The highest BCUT2D eigenvalue weighted by Gasteiger charge is 2.27. The highest BCUT2D eigenvalue weighted by molar-refractivity contribution is 7.90. The number of hydrogen-bond acceptors (Lipinski definition) is 5. The quantitative estimate of drug-likeness (QED) is 0.849. The topological polar surface area (TPSA) is 59.8 Å². The molecule has 0 amide bonds. The van der Waals surface area contributed by atoms with E-state index in [0.29, 0.717) is 11.5 Å². The summed E-state index contributed by atoms with van der Waals surface area (Å²) in [5.74, 6) is 1.74. The van der Waals surface area contributed by atoms with Crippen LogP contribution in [0.3, 0.4) is 0 Å². The van der Waals surface area contributed by atoms with Gasteiger partial charge < -0.3 is 9.15 Å². The summed E-state index contributed by atoms with van der Waals surface area (Å²) in [6, 6.07) is 11.2. The van der Waals surface area contributed by atoms with E-state index in [1.165, 1.54) is 6.26 Å². The van der Waals surface area contributed by atoms with E-state index in [9.17, 15) is 8.42 Å². The summed E-state index contributed by atoms with van der Waals surface area (Å²) in [7, 11) is -3.16. The molecular formula is C18H23NO4S. The lowest BCUT2D eigenvalue weighted by atomic mass is 10.1. The Kier molecular flexibility index (Phi) is 4.80. The van der Waals surface area contributed by atoms with Crippen LogP contribution in [0.25, 0.3) is 0 Å². The van der Waals surface area contributed by atoms with Crippen LogP contribution >= 0.6 is 0 Å². The molecule has 0 bridgehead atoms. The highest BCUT2D eigenvalue weighted by atomic mass is 32.2. The molecule has 0 spiro atoms. The summed E-state index contributed by atoms with van der Waals surface area (Å²) in [5.41, 5.74) is 1.10. The monoisotopic (exact) mass is 349 g/mol. The second kappa shape index (κ2) is 6.70. The van der Waals surface area contributed by atoms with Gasteiger partial charge in [0.1, 0.15) is 17.6 Å². The van der Waals surface area contributed by atoms with Crippen molar-refractivity contribution >= 4 is 9.84 Å². The Hall–Kier alpha value is -1.63. The van der Waals surface area contributed by atoms with E-state index >= 15 is 0 Å². The number of sulfone groups is 1. The first kappa shape index (κ1) is 17.2. The number of ether oxygens (including phenoxy) is 1. The van der Waals surface area contributed by atoms with Gasteiger partial charge in [-0.1, -0.05) is 12.1 Å². The average molecular weight is 349 g/mol. The van der Waals surface area contributed by atoms with E-state index in [1.807, 2.05) is 31.2 Å². The molecule has 1 aliphatic rings. The molecule has 1 aromatic carbocycles. The van der Waals surface area contributed by atoms with Gasteiger partial charge in [-0.3, -0.25) is 4.90 Å². The first-order valence-electron chi connectivity index (χ1n) is 8.06. The molecule has 0 aliphatic carbocycles. The summed E-state index contributed by atoms with van der Waals surface area (Å²) >= 11 is 0. The zero-order valence-electron chi connectivity index (χ0n) is 14.2. The van der Waals surface area contributed by atoms with Gasteiger partial charge in [0.25, 0.3) is 0 Å². The molecule has 2 heterocycles. The van der Waals surface area contributed by atoms with Gasteiger partial charge in [-0.05, 0) is 43.7 Å². The molecule has 1 fully saturated rings. The second-order valence-electron chi connectivity index (χ2n) is 6.32. The molecule has 3 rings (SSSR count). The minimum Gasteiger partial charge on any atom is -0.464 e. The van der Waals surface area contributed by atoms with Crippen molar-refractivity contribution in [3.05, 3.63) is 53.5 Å². The molecule has 0 saturated carbocycles. The number of rotatable bonds is 4. The highest BCUT2D eigenvalue weighted by Crippen LogP contribution is 2.29. The SMILES string of the molecule is Cc1ccc([C@@H]2CN([C@H](C)c3ccc(S(C)(=O)=O)cc3)CCO2)o1. The van der Waals surface area contributed by atoms with Gasteiger partial charge in [0.2, 0.25) is 0 Å². The molecule has 6 heteroatoms. The van der Waals surface area contributed by atoms with E-state index in [4.69, 9.17) is 9.15 Å². The van der Waals surface area contributed by atoms with Crippen molar-refractivity contribution in [3.8, 4) is 0 Å². The number of nitrogens with zero attached hydrogens (tertiary/aromatic N) is 1. The van der Waals surface area contributed by atoms with Crippen LogP contribution in [0, 0.1) is 6.92 Å². The molecular weight excluding hydrogens is 326 g/mol. The van der Waals surface area contributed by atoms with Crippen molar-refractivity contribution in [1.29, 1.82) is 0 Å². The fraction of sp³-hybridized carbons (Fsp3) is 0.444. The van der Waals surface area contributed by atoms with Gasteiger partial charge in [-0.15, -0.1) is 0 Å². The van der Waals surface area contributed by atoms with Gasteiger partial charge >= 0.3 is 0 Å². The lowest BCUT2D eigenvalue weighted by molar-refractivity contribution is -0.0525. The van der Waals surface area contributed by atoms with E-state index < -0.39 is 9.84 Å². The third-order valence-electron chi connectivity index (χ3n) is 4.51. The van der Waals surface area contributed by atoms with Gasteiger partial charge in [0.05, 0.1) is 11.5 Å². The van der Waals surface area contributed by atoms with Crippen molar-refractivity contribution in [2.24, 2.45) is 0 Å². The van der Waals surface area contributed by atoms with Gasteiger partial charge in [0.15, 0.2) is 9.84 Å². The molecule has 130 valence electrons. The predicted octanol–water partition coefficient (Wildman–Crippen LogP) is 3.13. The van der Waals surface area contributed by atoms with Crippen LogP contribution in [0.1, 0.15) is 36.2 Å². The fourth-order valence-electron chi connectivity index (χ4n) is 3.02. The first-order chi connectivity index (χ1) is 11.3. The minimum atomic E-state index is -3.16. The van der Waals surface area contributed by atoms with Crippen LogP contribution in [0.5, 0.6) is 0 Å². The number of morpholine rings is 1. The normalized spacial score (nSPS) is 20.9. The molecule has 2 aromatic rings. The van der Waals surface area contributed by atoms with Crippen LogP contribution in [0.2, 0.25) is 0 Å². The van der Waals surface area contributed by atoms with Crippen molar-refractivity contribution in [2.45, 2.75) is 30.9 Å². The Morgan fingerprint density at radius 3 is 2.46 bits per heavy atom. The standard InChI is InChI=1S/C18H23NO4S/c1-13-4-9-17(23-13)18-12-19(10-11-22-18)14(2)15-5-7-16(8-6-15)24(3,20)21/h4-9,14,18H,10-12H2,1-3H3/t14-,18+/m1/s1. The molecule has 0 unspecified atom stereocenters. The van der Waals surface area contributed by atoms with Crippen LogP contribution < -0.4 is 0 Å². The number of furan rings is 1. The average Bonchev–Trinajstić information content (AvgIpc) is 3.00. The van der Waals surface area contributed by atoms with E-state index in [-0.39, 0.29) is 12.1 Å². The third kappa shape index (κ3) is 3.71. The molecule has 5 nitrogen and oxygen atoms in total. The fourth-order valence-corrected chi connectivity index (χ4v) is 3.65. The van der Waals surface area contributed by atoms with E-state index in [0.717, 1.165) is 30.2 Å². The Morgan fingerprint density at radius 1 is 1.17 bits per heavy atom. The first-order valence-corrected chi connectivity index (χ1v) is 9.96. The maximum absolute atomic E-state index is 11.6. The summed E-state index contributed by atoms with van der Waals surface area (Å²) < 4.78 is 34.7. The second-order valence-corrected chi connectivity index (χ2v) is 8.34. The van der Waals surface area contributed by atoms with Crippen LogP contribution in [0.4, 0.5) is 0 Å². The van der Waals surface area contributed by atoms with Crippen molar-refractivity contribution in [3.63, 3.8) is 0 Å². The maximum atomic E-state index is 11.6. The Morgan fingerprint density at radius 2 is 1.88 bits per heavy atom. The summed E-state index contributed by atoms with van der Waals surface area (Å²) in [5, 5.41) is 0. The smallest absolute Gasteiger partial charge is 0.175 e. The predicted molar refractivity (Wildman–Crippen MR) is 91.7 cm³/mol. The van der Waals surface area contributed by atoms with Gasteiger partial charge in [-0.2, -0.15) is 0 Å². The third-order valence-corrected chi connectivity index (χ3v) is 5.64. The zero-order chi connectivity index (χ0) is 17.3. The molecule has 1 aliphatic heterocycles. The Bertz CT molecular complexity index is 795. The Labute approximate surface area is 143 Å². The number of benzene rings is 1. The molecule has 0 radical (unpaired) electrons. The molecule has 1 aromatic heterocycles. The molecule has 1 saturated heterocycles. The lowest BCUT2D eigenvalue weighted by Gasteiger charge is -2.36. The van der Waals surface area contributed by atoms with Gasteiger partial charge in [0, 0.05) is 25.4 Å². The van der Waals surface area contributed by atoms with Crippen molar-refractivity contribution in [2.75, 3.05) is 26.0 Å². The Balaban J connectivity index is 1.73. The van der Waals surface area contributed by atoms with Gasteiger partial charge in [-0.25, -0.2) is 8.42 Å². The molecule has 2 atom stereocenters. The van der Waals surface area contributed by atoms with Crippen LogP contribution in [0.15, 0.2) is 45.7 Å².